The summed E-state index contributed by atoms with van der Waals surface area (Å²) in [7, 11) is 3.75. The van der Waals surface area contributed by atoms with Gasteiger partial charge < -0.3 is 10.5 Å². The number of nitrogen functional groups attached to an aromatic ring is 1. The Kier molecular flexibility index (Phi) is 6.75. The van der Waals surface area contributed by atoms with Crippen LogP contribution in [0.25, 0.3) is 0 Å². The van der Waals surface area contributed by atoms with Crippen LogP contribution in [0.1, 0.15) is 10.4 Å². The van der Waals surface area contributed by atoms with Crippen molar-refractivity contribution in [2.75, 3.05) is 19.9 Å². The van der Waals surface area contributed by atoms with Crippen LogP contribution in [0.5, 0.6) is 5.75 Å². The summed E-state index contributed by atoms with van der Waals surface area (Å²) >= 11 is 5.09. The molecule has 2 N–H and O–H groups in total. The molecule has 110 valence electrons. The molecular formula is C13H17BrClN3OS. The van der Waals surface area contributed by atoms with Crippen molar-refractivity contribution in [3.8, 4) is 5.75 Å². The molecule has 0 aliphatic carbocycles. The van der Waals surface area contributed by atoms with Crippen molar-refractivity contribution in [2.24, 2.45) is 0 Å². The fourth-order valence-electron chi connectivity index (χ4n) is 1.81. The molecule has 1 aromatic carbocycles. The lowest BCUT2D eigenvalue weighted by Crippen LogP contribution is -2.16. The minimum atomic E-state index is 0. The predicted molar refractivity (Wildman–Crippen MR) is 89.6 cm³/mol. The van der Waals surface area contributed by atoms with Gasteiger partial charge in [0.05, 0.1) is 7.11 Å². The first-order chi connectivity index (χ1) is 9.08. The van der Waals surface area contributed by atoms with E-state index >= 15 is 0 Å². The summed E-state index contributed by atoms with van der Waals surface area (Å²) in [6, 6.07) is 5.99. The number of ether oxygens (including phenoxy) is 1. The Morgan fingerprint density at radius 2 is 2.15 bits per heavy atom. The van der Waals surface area contributed by atoms with E-state index in [1.54, 1.807) is 7.11 Å². The third-order valence-corrected chi connectivity index (χ3v) is 4.28. The summed E-state index contributed by atoms with van der Waals surface area (Å²) < 4.78 is 6.34. The molecule has 0 bridgehead atoms. The van der Waals surface area contributed by atoms with Crippen molar-refractivity contribution in [3.63, 3.8) is 0 Å². The third-order valence-electron chi connectivity index (χ3n) is 2.69. The SMILES string of the molecule is COc1ccc(Br)c(CN(C)Cc2cnc(N)s2)c1.Cl. The Hall–Kier alpha value is -0.820. The van der Waals surface area contributed by atoms with Gasteiger partial charge in [0.15, 0.2) is 5.13 Å². The van der Waals surface area contributed by atoms with Crippen LogP contribution < -0.4 is 10.5 Å². The average molecular weight is 379 g/mol. The summed E-state index contributed by atoms with van der Waals surface area (Å²) in [6.45, 7) is 1.66. The number of halogens is 2. The summed E-state index contributed by atoms with van der Waals surface area (Å²) in [4.78, 5) is 7.44. The highest BCUT2D eigenvalue weighted by Gasteiger charge is 2.08. The summed E-state index contributed by atoms with van der Waals surface area (Å²) in [5.41, 5.74) is 6.83. The smallest absolute Gasteiger partial charge is 0.180 e. The maximum Gasteiger partial charge on any atom is 0.180 e. The Morgan fingerprint density at radius 1 is 1.40 bits per heavy atom. The molecule has 4 nitrogen and oxygen atoms in total. The Morgan fingerprint density at radius 3 is 2.75 bits per heavy atom. The molecule has 0 fully saturated rings. The molecular weight excluding hydrogens is 362 g/mol. The lowest BCUT2D eigenvalue weighted by atomic mass is 10.2. The first-order valence-corrected chi connectivity index (χ1v) is 7.40. The molecule has 0 spiro atoms. The van der Waals surface area contributed by atoms with Crippen molar-refractivity contribution in [1.29, 1.82) is 0 Å². The monoisotopic (exact) mass is 377 g/mol. The van der Waals surface area contributed by atoms with Gasteiger partial charge in [-0.25, -0.2) is 4.98 Å². The van der Waals surface area contributed by atoms with E-state index in [2.05, 4.69) is 32.9 Å². The highest BCUT2D eigenvalue weighted by atomic mass is 79.9. The van der Waals surface area contributed by atoms with E-state index in [4.69, 9.17) is 10.5 Å². The van der Waals surface area contributed by atoms with Crippen LogP contribution in [0.4, 0.5) is 5.13 Å². The van der Waals surface area contributed by atoms with E-state index in [0.29, 0.717) is 5.13 Å². The van der Waals surface area contributed by atoms with Gasteiger partial charge in [-0.1, -0.05) is 15.9 Å². The van der Waals surface area contributed by atoms with E-state index in [9.17, 15) is 0 Å². The van der Waals surface area contributed by atoms with E-state index < -0.39 is 0 Å². The fraction of sp³-hybridized carbons (Fsp3) is 0.308. The number of aromatic nitrogens is 1. The summed E-state index contributed by atoms with van der Waals surface area (Å²) in [6.07, 6.45) is 1.83. The number of hydrogen-bond donors (Lipinski definition) is 1. The van der Waals surface area contributed by atoms with E-state index in [0.717, 1.165) is 23.3 Å². The van der Waals surface area contributed by atoms with E-state index in [1.807, 2.05) is 24.4 Å². The number of nitrogens with two attached hydrogens (primary N) is 1. The Balaban J connectivity index is 0.00000200. The third kappa shape index (κ3) is 4.63. The van der Waals surface area contributed by atoms with Crippen LogP contribution in [-0.4, -0.2) is 24.0 Å². The van der Waals surface area contributed by atoms with Crippen LogP contribution in [0, 0.1) is 0 Å². The van der Waals surface area contributed by atoms with E-state index in [-0.39, 0.29) is 12.4 Å². The highest BCUT2D eigenvalue weighted by Crippen LogP contribution is 2.24. The summed E-state index contributed by atoms with van der Waals surface area (Å²) in [5, 5.41) is 0.617. The van der Waals surface area contributed by atoms with Gasteiger partial charge in [-0.3, -0.25) is 4.90 Å². The topological polar surface area (TPSA) is 51.4 Å². The van der Waals surface area contributed by atoms with Gasteiger partial charge >= 0.3 is 0 Å². The van der Waals surface area contributed by atoms with Crippen molar-refractivity contribution in [2.45, 2.75) is 13.1 Å². The minimum Gasteiger partial charge on any atom is -0.497 e. The van der Waals surface area contributed by atoms with Crippen LogP contribution in [-0.2, 0) is 13.1 Å². The molecule has 0 saturated heterocycles. The molecule has 7 heteroatoms. The number of hydrogen-bond acceptors (Lipinski definition) is 5. The normalized spacial score (nSPS) is 10.4. The molecule has 2 aromatic rings. The lowest BCUT2D eigenvalue weighted by Gasteiger charge is -2.17. The lowest BCUT2D eigenvalue weighted by molar-refractivity contribution is 0.320. The molecule has 2 rings (SSSR count). The van der Waals surface area contributed by atoms with Crippen molar-refractivity contribution in [1.82, 2.24) is 9.88 Å². The summed E-state index contributed by atoms with van der Waals surface area (Å²) in [5.74, 6) is 0.869. The molecule has 0 saturated carbocycles. The van der Waals surface area contributed by atoms with Gasteiger partial charge in [0, 0.05) is 28.6 Å². The first-order valence-electron chi connectivity index (χ1n) is 5.79. The zero-order chi connectivity index (χ0) is 13.8. The van der Waals surface area contributed by atoms with Crippen molar-refractivity contribution in [3.05, 3.63) is 39.3 Å². The minimum absolute atomic E-state index is 0. The molecule has 0 aliphatic heterocycles. The molecule has 20 heavy (non-hydrogen) atoms. The zero-order valence-corrected chi connectivity index (χ0v) is 14.5. The van der Waals surface area contributed by atoms with E-state index in [1.165, 1.54) is 21.8 Å². The van der Waals surface area contributed by atoms with Crippen LogP contribution in [0.15, 0.2) is 28.9 Å². The van der Waals surface area contributed by atoms with Gasteiger partial charge in [-0.15, -0.1) is 23.7 Å². The first kappa shape index (κ1) is 17.2. The number of methoxy groups -OCH3 is 1. The molecule has 0 atom stereocenters. The standard InChI is InChI=1S/C13H16BrN3OS.ClH/c1-17(8-11-6-16-13(15)19-11)7-9-5-10(18-2)3-4-12(9)14;/h3-6H,7-8H2,1-2H3,(H2,15,16);1H. The molecule has 0 amide bonds. The molecule has 0 aliphatic rings. The van der Waals surface area contributed by atoms with Gasteiger partial charge in [0.2, 0.25) is 0 Å². The zero-order valence-electron chi connectivity index (χ0n) is 11.3. The Labute approximate surface area is 137 Å². The number of benzene rings is 1. The van der Waals surface area contributed by atoms with Crippen LogP contribution >= 0.6 is 39.7 Å². The highest BCUT2D eigenvalue weighted by molar-refractivity contribution is 9.10. The second-order valence-electron chi connectivity index (χ2n) is 4.29. The maximum atomic E-state index is 5.63. The van der Waals surface area contributed by atoms with Gasteiger partial charge in [0.25, 0.3) is 0 Å². The van der Waals surface area contributed by atoms with Gasteiger partial charge in [-0.05, 0) is 30.8 Å². The van der Waals surface area contributed by atoms with Gasteiger partial charge in [-0.2, -0.15) is 0 Å². The number of anilines is 1. The van der Waals surface area contributed by atoms with Crippen LogP contribution in [0.2, 0.25) is 0 Å². The molecule has 0 unspecified atom stereocenters. The second-order valence-corrected chi connectivity index (χ2v) is 6.30. The number of nitrogens with zero attached hydrogens (tertiary/aromatic N) is 2. The number of rotatable bonds is 5. The average Bonchev–Trinajstić information content (AvgIpc) is 2.77. The van der Waals surface area contributed by atoms with Crippen molar-refractivity contribution < 1.29 is 4.74 Å². The number of thiazole rings is 1. The quantitative estimate of drug-likeness (QED) is 0.864. The van der Waals surface area contributed by atoms with Gasteiger partial charge in [0.1, 0.15) is 5.75 Å². The second kappa shape index (κ2) is 7.83. The maximum absolute atomic E-state index is 5.63. The predicted octanol–water partition coefficient (Wildman–Crippen LogP) is 3.55. The fourth-order valence-corrected chi connectivity index (χ4v) is 2.94. The van der Waals surface area contributed by atoms with Crippen LogP contribution in [0.3, 0.4) is 0 Å². The Bertz CT molecular complexity index is 564. The largest absolute Gasteiger partial charge is 0.497 e. The molecule has 1 aromatic heterocycles. The molecule has 0 radical (unpaired) electrons. The molecule has 1 heterocycles. The van der Waals surface area contributed by atoms with Crippen molar-refractivity contribution >= 4 is 44.8 Å².